The number of halogens is 1. The van der Waals surface area contributed by atoms with Gasteiger partial charge in [0.05, 0.1) is 0 Å². The van der Waals surface area contributed by atoms with Crippen LogP contribution in [0.2, 0.25) is 0 Å². The number of ether oxygens (including phenoxy) is 2. The molecule has 3 amide bonds. The summed E-state index contributed by atoms with van der Waals surface area (Å²) < 4.78 is 10.6. The average molecular weight is 633 g/mol. The predicted molar refractivity (Wildman–Crippen MR) is 155 cm³/mol. The molecule has 2 N–H and O–H groups in total. The van der Waals surface area contributed by atoms with E-state index >= 15 is 0 Å². The number of nitrogens with zero attached hydrogens (tertiary/aromatic N) is 4. The van der Waals surface area contributed by atoms with Gasteiger partial charge in [-0.3, -0.25) is 24.1 Å². The number of oxime groups is 1. The molecule has 1 aromatic rings. The van der Waals surface area contributed by atoms with Crippen LogP contribution in [-0.2, 0) is 38.3 Å². The number of rotatable bonds is 13. The highest BCUT2D eigenvalue weighted by Crippen LogP contribution is 2.40. The molecule has 2 aliphatic heterocycles. The number of carbonyl (C=O) groups excluding carboxylic acids is 5. The van der Waals surface area contributed by atoms with Crippen LogP contribution in [0.1, 0.15) is 33.4 Å². The number of amides is 3. The van der Waals surface area contributed by atoms with E-state index in [1.165, 1.54) is 43.0 Å². The lowest BCUT2D eigenvalue weighted by Gasteiger charge is -2.49. The van der Waals surface area contributed by atoms with Crippen LogP contribution in [0.5, 0.6) is 0 Å². The van der Waals surface area contributed by atoms with Gasteiger partial charge in [0.2, 0.25) is 5.91 Å². The molecule has 3 rings (SSSR count). The van der Waals surface area contributed by atoms with Gasteiger partial charge < -0.3 is 29.8 Å². The Kier molecular flexibility index (Phi) is 13.0. The number of esters is 2. The number of aromatic nitrogens is 1. The van der Waals surface area contributed by atoms with Crippen LogP contribution >= 0.6 is 35.5 Å². The monoisotopic (exact) mass is 632 g/mol. The third-order valence-corrected chi connectivity index (χ3v) is 8.04. The average Bonchev–Trinajstić information content (AvgIpc) is 3.37. The molecule has 1 saturated heterocycles. The number of hydrogen-bond donors (Lipinski definition) is 2. The molecular weight excluding hydrogens is 600 g/mol. The van der Waals surface area contributed by atoms with Gasteiger partial charge in [-0.15, -0.1) is 35.5 Å². The number of thioether (sulfide) groups is 1. The molecule has 0 bridgehead atoms. The lowest BCUT2D eigenvalue weighted by atomic mass is 10.0. The molecule has 1 fully saturated rings. The molecule has 0 spiro atoms. The number of hydrogen-bond acceptors (Lipinski definition) is 13. The lowest BCUT2D eigenvalue weighted by Crippen LogP contribution is -2.71. The van der Waals surface area contributed by atoms with Crippen molar-refractivity contribution in [2.24, 2.45) is 5.16 Å². The molecule has 0 saturated carbocycles. The van der Waals surface area contributed by atoms with E-state index in [1.54, 1.807) is 0 Å². The second-order valence-electron chi connectivity index (χ2n) is 8.60. The Morgan fingerprint density at radius 1 is 1.20 bits per heavy atom. The Labute approximate surface area is 251 Å². The second kappa shape index (κ2) is 15.7. The maximum absolute atomic E-state index is 13.3. The van der Waals surface area contributed by atoms with Gasteiger partial charge in [-0.1, -0.05) is 19.0 Å². The zero-order valence-electron chi connectivity index (χ0n) is 23.3. The fraction of sp³-hybridized carbons (Fsp3) is 0.542. The highest BCUT2D eigenvalue weighted by atomic mass is 35.5. The van der Waals surface area contributed by atoms with Crippen LogP contribution < -0.4 is 10.6 Å². The van der Waals surface area contributed by atoms with Gasteiger partial charge in [0.1, 0.15) is 43.1 Å². The SMILES string of the molecule is CCN(CC)CCOC(=O)C1=C(COC(C)=O)CSC2C(NC(=O)/C(=N\OC)c3csc(NC(C)=O)n3)C(=O)N12.Cl. The first-order chi connectivity index (χ1) is 19.1. The van der Waals surface area contributed by atoms with Crippen LogP contribution in [0, 0.1) is 0 Å². The van der Waals surface area contributed by atoms with Gasteiger partial charge in [0, 0.05) is 37.1 Å². The van der Waals surface area contributed by atoms with Gasteiger partial charge in [-0.2, -0.15) is 0 Å². The summed E-state index contributed by atoms with van der Waals surface area (Å²) in [7, 11) is 1.26. The molecule has 2 unspecified atom stereocenters. The first-order valence-electron chi connectivity index (χ1n) is 12.5. The topological polar surface area (TPSA) is 169 Å². The summed E-state index contributed by atoms with van der Waals surface area (Å²) in [5.41, 5.74) is 0.417. The predicted octanol–water partition coefficient (Wildman–Crippen LogP) is 0.976. The van der Waals surface area contributed by atoms with Crippen molar-refractivity contribution in [1.29, 1.82) is 0 Å². The van der Waals surface area contributed by atoms with Crippen LogP contribution in [-0.4, -0.2) is 107 Å². The molecule has 0 aliphatic carbocycles. The maximum atomic E-state index is 13.3. The summed E-state index contributed by atoms with van der Waals surface area (Å²) in [6, 6.07) is -0.971. The van der Waals surface area contributed by atoms with Crippen LogP contribution in [0.4, 0.5) is 5.13 Å². The highest BCUT2D eigenvalue weighted by Gasteiger charge is 2.54. The fourth-order valence-electron chi connectivity index (χ4n) is 3.94. The molecular formula is C24H33ClN6O8S2. The number of likely N-dealkylation sites (N-methyl/N-ethyl adjacent to an activating group) is 1. The Balaban J connectivity index is 0.00000588. The number of β-lactam (4-membered cyclic amide) rings is 1. The van der Waals surface area contributed by atoms with Crippen molar-refractivity contribution < 1.29 is 38.3 Å². The molecule has 1 aromatic heterocycles. The van der Waals surface area contributed by atoms with Crippen LogP contribution in [0.25, 0.3) is 0 Å². The van der Waals surface area contributed by atoms with Crippen molar-refractivity contribution in [3.63, 3.8) is 0 Å². The normalized spacial score (nSPS) is 18.1. The van der Waals surface area contributed by atoms with Crippen molar-refractivity contribution >= 4 is 76.0 Å². The third kappa shape index (κ3) is 8.40. The Hall–Kier alpha value is -3.21. The van der Waals surface area contributed by atoms with Crippen LogP contribution in [0.3, 0.4) is 0 Å². The maximum Gasteiger partial charge on any atom is 0.355 e. The van der Waals surface area contributed by atoms with E-state index < -0.39 is 35.2 Å². The van der Waals surface area contributed by atoms with E-state index in [-0.39, 0.29) is 59.5 Å². The molecule has 14 nitrogen and oxygen atoms in total. The molecule has 41 heavy (non-hydrogen) atoms. The quantitative estimate of drug-likeness (QED) is 0.138. The van der Waals surface area contributed by atoms with Gasteiger partial charge in [-0.05, 0) is 13.1 Å². The summed E-state index contributed by atoms with van der Waals surface area (Å²) in [5.74, 6) is -2.53. The summed E-state index contributed by atoms with van der Waals surface area (Å²) in [5, 5.41) is 10.1. The van der Waals surface area contributed by atoms with Crippen molar-refractivity contribution in [2.75, 3.05) is 51.0 Å². The second-order valence-corrected chi connectivity index (χ2v) is 10.6. The van der Waals surface area contributed by atoms with E-state index in [1.807, 2.05) is 13.8 Å². The van der Waals surface area contributed by atoms with Crippen LogP contribution in [0.15, 0.2) is 21.8 Å². The largest absolute Gasteiger partial charge is 0.461 e. The Bertz CT molecular complexity index is 1220. The van der Waals surface area contributed by atoms with E-state index in [9.17, 15) is 24.0 Å². The first-order valence-corrected chi connectivity index (χ1v) is 14.4. The standard InChI is InChI=1S/C24H32N6O8S2.ClH/c1-6-29(7-2)8-9-37-23(35)19-15(10-38-14(4)32)11-39-22-18(21(34)30(19)22)27-20(33)17(28-36-5)16-12-40-24(26-16)25-13(3)31;/h12,18,22H,6-11H2,1-5H3,(H,27,33)(H,25,26,31);1H/b28-17-;. The van der Waals surface area contributed by atoms with Gasteiger partial charge >= 0.3 is 11.9 Å². The Morgan fingerprint density at radius 2 is 1.90 bits per heavy atom. The summed E-state index contributed by atoms with van der Waals surface area (Å²) in [6.07, 6.45) is 0. The number of carbonyl (C=O) groups is 5. The zero-order valence-corrected chi connectivity index (χ0v) is 25.7. The molecule has 0 aromatic carbocycles. The minimum absolute atomic E-state index is 0. The number of fused-ring (bicyclic) bond motifs is 1. The molecule has 17 heteroatoms. The fourth-order valence-corrected chi connectivity index (χ4v) is 6.01. The lowest BCUT2D eigenvalue weighted by molar-refractivity contribution is -0.153. The third-order valence-electron chi connectivity index (χ3n) is 5.94. The Morgan fingerprint density at radius 3 is 2.51 bits per heavy atom. The highest BCUT2D eigenvalue weighted by molar-refractivity contribution is 8.00. The van der Waals surface area contributed by atoms with E-state index in [0.29, 0.717) is 12.1 Å². The first kappa shape index (κ1) is 34.0. The number of nitrogens with one attached hydrogen (secondary N) is 2. The smallest absolute Gasteiger partial charge is 0.355 e. The summed E-state index contributed by atoms with van der Waals surface area (Å²) in [6.45, 7) is 8.65. The summed E-state index contributed by atoms with van der Waals surface area (Å²) >= 11 is 2.40. The summed E-state index contributed by atoms with van der Waals surface area (Å²) in [4.78, 5) is 74.6. The van der Waals surface area contributed by atoms with Gasteiger partial charge in [0.15, 0.2) is 10.8 Å². The molecule has 2 aliphatic rings. The minimum Gasteiger partial charge on any atom is -0.461 e. The minimum atomic E-state index is -0.971. The zero-order chi connectivity index (χ0) is 29.4. The molecule has 3 heterocycles. The van der Waals surface area contributed by atoms with Gasteiger partial charge in [-0.25, -0.2) is 9.78 Å². The molecule has 2 atom stereocenters. The van der Waals surface area contributed by atoms with E-state index in [4.69, 9.17) is 14.3 Å². The van der Waals surface area contributed by atoms with E-state index in [2.05, 4.69) is 25.7 Å². The van der Waals surface area contributed by atoms with Crippen molar-refractivity contribution in [3.8, 4) is 0 Å². The molecule has 0 radical (unpaired) electrons. The van der Waals surface area contributed by atoms with E-state index in [0.717, 1.165) is 24.4 Å². The van der Waals surface area contributed by atoms with Crippen molar-refractivity contribution in [2.45, 2.75) is 39.1 Å². The van der Waals surface area contributed by atoms with Crippen molar-refractivity contribution in [1.82, 2.24) is 20.1 Å². The van der Waals surface area contributed by atoms with Gasteiger partial charge in [0.25, 0.3) is 11.8 Å². The number of anilines is 1. The molecule has 226 valence electrons. The van der Waals surface area contributed by atoms with Crippen molar-refractivity contribution in [3.05, 3.63) is 22.3 Å². The number of thiazole rings is 1.